The van der Waals surface area contributed by atoms with Crippen LogP contribution in [0.5, 0.6) is 0 Å². The van der Waals surface area contributed by atoms with Gasteiger partial charge in [0.2, 0.25) is 0 Å². The van der Waals surface area contributed by atoms with E-state index in [1.807, 2.05) is 0 Å². The van der Waals surface area contributed by atoms with E-state index in [0.717, 1.165) is 6.07 Å². The Hall–Kier alpha value is -3.62. The first-order valence-electron chi connectivity index (χ1n) is 7.19. The van der Waals surface area contributed by atoms with E-state index in [4.69, 9.17) is 5.73 Å². The van der Waals surface area contributed by atoms with Gasteiger partial charge in [-0.05, 0) is 36.8 Å². The highest BCUT2D eigenvalue weighted by Gasteiger charge is 2.16. The molecule has 0 unspecified atom stereocenters. The van der Waals surface area contributed by atoms with Crippen molar-refractivity contribution < 1.29 is 14.0 Å². The minimum absolute atomic E-state index is 0.000249. The number of nitrogens with zero attached hydrogens (tertiary/aromatic N) is 4. The molecule has 0 spiro atoms. The van der Waals surface area contributed by atoms with E-state index in [1.165, 1.54) is 25.4 Å². The summed E-state index contributed by atoms with van der Waals surface area (Å²) in [5.41, 5.74) is 5.50. The summed E-state index contributed by atoms with van der Waals surface area (Å²) in [6, 6.07) is 5.35. The van der Waals surface area contributed by atoms with Crippen molar-refractivity contribution in [3.8, 4) is 5.82 Å². The number of benzene rings is 1. The zero-order chi connectivity index (χ0) is 18.0. The zero-order valence-corrected chi connectivity index (χ0v) is 13.1. The number of aromatic nitrogens is 4. The van der Waals surface area contributed by atoms with Crippen LogP contribution in [0.3, 0.4) is 0 Å². The molecule has 0 aliphatic heterocycles. The van der Waals surface area contributed by atoms with E-state index in [9.17, 15) is 14.0 Å². The summed E-state index contributed by atoms with van der Waals surface area (Å²) in [5, 5.41) is 10.2. The number of hydrogen-bond donors (Lipinski definition) is 2. The van der Waals surface area contributed by atoms with Crippen molar-refractivity contribution in [2.24, 2.45) is 5.73 Å². The summed E-state index contributed by atoms with van der Waals surface area (Å²) in [6.07, 6.45) is 4.80. The SMILES string of the molecule is Cc1cc(C(N)=O)c(NC(=O)c2ccc(-n3ccnc3)nn2)cc1F. The average Bonchev–Trinajstić information content (AvgIpc) is 3.12. The van der Waals surface area contributed by atoms with Gasteiger partial charge in [-0.2, -0.15) is 0 Å². The van der Waals surface area contributed by atoms with Crippen LogP contribution in [0.1, 0.15) is 26.4 Å². The van der Waals surface area contributed by atoms with Gasteiger partial charge in [-0.15, -0.1) is 10.2 Å². The number of amides is 2. The lowest BCUT2D eigenvalue weighted by atomic mass is 10.1. The molecule has 1 aromatic carbocycles. The van der Waals surface area contributed by atoms with E-state index in [1.54, 1.807) is 23.0 Å². The first-order chi connectivity index (χ1) is 12.0. The molecule has 0 aliphatic rings. The zero-order valence-electron chi connectivity index (χ0n) is 13.1. The van der Waals surface area contributed by atoms with Crippen molar-refractivity contribution in [1.29, 1.82) is 0 Å². The molecule has 0 aliphatic carbocycles. The molecule has 0 atom stereocenters. The molecular weight excluding hydrogens is 327 g/mol. The van der Waals surface area contributed by atoms with Crippen LogP contribution in [-0.2, 0) is 0 Å². The highest BCUT2D eigenvalue weighted by molar-refractivity contribution is 6.07. The second-order valence-electron chi connectivity index (χ2n) is 5.21. The van der Waals surface area contributed by atoms with E-state index in [0.29, 0.717) is 5.82 Å². The Morgan fingerprint density at radius 2 is 2.04 bits per heavy atom. The van der Waals surface area contributed by atoms with Crippen LogP contribution in [0.4, 0.5) is 10.1 Å². The van der Waals surface area contributed by atoms with Gasteiger partial charge in [-0.25, -0.2) is 9.37 Å². The number of imidazole rings is 1. The molecule has 2 aromatic heterocycles. The van der Waals surface area contributed by atoms with Crippen LogP contribution in [0.15, 0.2) is 43.0 Å². The van der Waals surface area contributed by atoms with Gasteiger partial charge in [0.25, 0.3) is 11.8 Å². The predicted molar refractivity (Wildman–Crippen MR) is 86.8 cm³/mol. The van der Waals surface area contributed by atoms with Gasteiger partial charge in [0.15, 0.2) is 11.5 Å². The summed E-state index contributed by atoms with van der Waals surface area (Å²) in [7, 11) is 0. The fraction of sp³-hybridized carbons (Fsp3) is 0.0625. The van der Waals surface area contributed by atoms with Gasteiger partial charge < -0.3 is 11.1 Å². The fourth-order valence-electron chi connectivity index (χ4n) is 2.15. The third-order valence-corrected chi connectivity index (χ3v) is 3.46. The Kier molecular flexibility index (Phi) is 4.21. The normalized spacial score (nSPS) is 10.5. The number of carbonyl (C=O) groups is 2. The van der Waals surface area contributed by atoms with Crippen molar-refractivity contribution in [3.63, 3.8) is 0 Å². The van der Waals surface area contributed by atoms with Gasteiger partial charge in [0, 0.05) is 12.4 Å². The number of nitrogens with two attached hydrogens (primary N) is 1. The maximum absolute atomic E-state index is 13.7. The number of aryl methyl sites for hydroxylation is 1. The van der Waals surface area contributed by atoms with Crippen molar-refractivity contribution in [3.05, 3.63) is 65.6 Å². The first kappa shape index (κ1) is 16.2. The highest BCUT2D eigenvalue weighted by Crippen LogP contribution is 2.21. The van der Waals surface area contributed by atoms with Crippen LogP contribution in [0.25, 0.3) is 5.82 Å². The van der Waals surface area contributed by atoms with Crippen molar-refractivity contribution in [1.82, 2.24) is 19.7 Å². The number of primary amides is 1. The molecule has 0 fully saturated rings. The maximum Gasteiger partial charge on any atom is 0.276 e. The van der Waals surface area contributed by atoms with E-state index in [2.05, 4.69) is 20.5 Å². The summed E-state index contributed by atoms with van der Waals surface area (Å²) < 4.78 is 15.4. The van der Waals surface area contributed by atoms with E-state index < -0.39 is 17.6 Å². The molecule has 0 saturated carbocycles. The van der Waals surface area contributed by atoms with Crippen molar-refractivity contribution in [2.75, 3.05) is 5.32 Å². The molecule has 0 saturated heterocycles. The number of halogens is 1. The number of rotatable bonds is 4. The third-order valence-electron chi connectivity index (χ3n) is 3.46. The molecule has 25 heavy (non-hydrogen) atoms. The minimum Gasteiger partial charge on any atom is -0.366 e. The molecule has 0 bridgehead atoms. The monoisotopic (exact) mass is 340 g/mol. The number of hydrogen-bond acceptors (Lipinski definition) is 5. The molecule has 8 nitrogen and oxygen atoms in total. The van der Waals surface area contributed by atoms with Crippen LogP contribution in [0, 0.1) is 12.7 Å². The topological polar surface area (TPSA) is 116 Å². The smallest absolute Gasteiger partial charge is 0.276 e. The Labute approximate surface area is 141 Å². The van der Waals surface area contributed by atoms with Crippen molar-refractivity contribution >= 4 is 17.5 Å². The molecule has 126 valence electrons. The second-order valence-corrected chi connectivity index (χ2v) is 5.21. The minimum atomic E-state index is -0.778. The van der Waals surface area contributed by atoms with Crippen LogP contribution >= 0.6 is 0 Å². The van der Waals surface area contributed by atoms with Crippen LogP contribution in [-0.4, -0.2) is 31.6 Å². The Morgan fingerprint density at radius 3 is 2.64 bits per heavy atom. The molecule has 0 radical (unpaired) electrons. The molecule has 9 heteroatoms. The quantitative estimate of drug-likeness (QED) is 0.746. The standard InChI is InChI=1S/C16H13FN6O2/c1-9-6-10(15(18)24)13(7-11(9)17)20-16(25)12-2-3-14(22-21-12)23-5-4-19-8-23/h2-8H,1H3,(H2,18,24)(H,20,25). The average molecular weight is 340 g/mol. The van der Waals surface area contributed by atoms with Gasteiger partial charge in [0.1, 0.15) is 12.1 Å². The number of nitrogens with one attached hydrogen (secondary N) is 1. The summed E-state index contributed by atoms with van der Waals surface area (Å²) in [6.45, 7) is 1.49. The van der Waals surface area contributed by atoms with Crippen LogP contribution in [0.2, 0.25) is 0 Å². The number of carbonyl (C=O) groups excluding carboxylic acids is 2. The lowest BCUT2D eigenvalue weighted by molar-refractivity contribution is 0.100. The lowest BCUT2D eigenvalue weighted by Gasteiger charge is -2.10. The van der Waals surface area contributed by atoms with Gasteiger partial charge in [-0.3, -0.25) is 14.2 Å². The molecule has 2 amide bonds. The molecule has 3 aromatic rings. The van der Waals surface area contributed by atoms with Crippen LogP contribution < -0.4 is 11.1 Å². The fourth-order valence-corrected chi connectivity index (χ4v) is 2.15. The van der Waals surface area contributed by atoms with Gasteiger partial charge in [0.05, 0.1) is 11.3 Å². The largest absolute Gasteiger partial charge is 0.366 e. The molecule has 3 rings (SSSR count). The Bertz CT molecular complexity index is 938. The molecule has 3 N–H and O–H groups in total. The van der Waals surface area contributed by atoms with E-state index >= 15 is 0 Å². The summed E-state index contributed by atoms with van der Waals surface area (Å²) in [4.78, 5) is 27.7. The summed E-state index contributed by atoms with van der Waals surface area (Å²) in [5.74, 6) is -1.51. The predicted octanol–water partition coefficient (Wildman–Crippen LogP) is 1.46. The summed E-state index contributed by atoms with van der Waals surface area (Å²) >= 11 is 0. The van der Waals surface area contributed by atoms with Crippen molar-refractivity contribution in [2.45, 2.75) is 6.92 Å². The van der Waals surface area contributed by atoms with Gasteiger partial charge in [-0.1, -0.05) is 0 Å². The third kappa shape index (κ3) is 3.34. The molecule has 2 heterocycles. The first-order valence-corrected chi connectivity index (χ1v) is 7.19. The van der Waals surface area contributed by atoms with E-state index in [-0.39, 0.29) is 22.5 Å². The number of anilines is 1. The Balaban J connectivity index is 1.85. The Morgan fingerprint density at radius 1 is 1.24 bits per heavy atom. The molecular formula is C16H13FN6O2. The van der Waals surface area contributed by atoms with Gasteiger partial charge >= 0.3 is 0 Å². The maximum atomic E-state index is 13.7. The highest BCUT2D eigenvalue weighted by atomic mass is 19.1. The second kappa shape index (κ2) is 6.48. The lowest BCUT2D eigenvalue weighted by Crippen LogP contribution is -2.20.